The van der Waals surface area contributed by atoms with Gasteiger partial charge in [0.15, 0.2) is 11.0 Å². The summed E-state index contributed by atoms with van der Waals surface area (Å²) in [5, 5.41) is 23.0. The number of rotatable bonds is 7. The van der Waals surface area contributed by atoms with Crippen molar-refractivity contribution in [3.05, 3.63) is 75.2 Å². The summed E-state index contributed by atoms with van der Waals surface area (Å²) in [4.78, 5) is 12.7. The van der Waals surface area contributed by atoms with Gasteiger partial charge in [0.25, 0.3) is 0 Å². The molecular weight excluding hydrogens is 552 g/mol. The molecule has 2 N–H and O–H groups in total. The van der Waals surface area contributed by atoms with Crippen LogP contribution in [0.2, 0.25) is 5.02 Å². The summed E-state index contributed by atoms with van der Waals surface area (Å²) in [7, 11) is 1.53. The molecular formula is C25H22BrClN4O3S. The highest BCUT2D eigenvalue weighted by atomic mass is 79.9. The van der Waals surface area contributed by atoms with E-state index < -0.39 is 0 Å². The number of carbonyl (C=O) groups excluding carboxylic acids is 1. The number of aromatic nitrogens is 3. The largest absolute Gasteiger partial charge is 0.507 e. The molecule has 1 aromatic heterocycles. The zero-order valence-electron chi connectivity index (χ0n) is 19.2. The number of amides is 1. The topological polar surface area (TPSA) is 89.3 Å². The first kappa shape index (κ1) is 25.1. The first-order valence-corrected chi connectivity index (χ1v) is 12.7. The van der Waals surface area contributed by atoms with Crippen LogP contribution in [-0.4, -0.2) is 38.6 Å². The molecule has 3 aromatic carbocycles. The van der Waals surface area contributed by atoms with Crippen molar-refractivity contribution >= 4 is 50.9 Å². The molecule has 0 saturated carbocycles. The van der Waals surface area contributed by atoms with Crippen LogP contribution in [0, 0.1) is 13.8 Å². The fraction of sp³-hybridized carbons (Fsp3) is 0.160. The number of phenolic OH excluding ortho intramolecular Hbond substituents is 1. The Morgan fingerprint density at radius 3 is 2.66 bits per heavy atom. The molecule has 1 amide bonds. The number of methoxy groups -OCH3 is 1. The Labute approximate surface area is 220 Å². The highest BCUT2D eigenvalue weighted by Gasteiger charge is 2.21. The molecule has 0 fully saturated rings. The van der Waals surface area contributed by atoms with Gasteiger partial charge in [0.05, 0.1) is 29.1 Å². The maximum atomic E-state index is 12.7. The number of benzene rings is 3. The second-order valence-electron chi connectivity index (χ2n) is 7.78. The molecule has 0 radical (unpaired) electrons. The molecule has 10 heteroatoms. The first-order chi connectivity index (χ1) is 16.8. The molecule has 0 unspecified atom stereocenters. The fourth-order valence-corrected chi connectivity index (χ4v) is 4.93. The van der Waals surface area contributed by atoms with Crippen LogP contribution in [0.5, 0.6) is 11.5 Å². The van der Waals surface area contributed by atoms with Crippen LogP contribution in [0.1, 0.15) is 11.1 Å². The lowest BCUT2D eigenvalue weighted by Gasteiger charge is -2.14. The van der Waals surface area contributed by atoms with Crippen molar-refractivity contribution in [3.8, 4) is 28.6 Å². The minimum absolute atomic E-state index is 0.0808. The summed E-state index contributed by atoms with van der Waals surface area (Å²) in [6.45, 7) is 4.02. The van der Waals surface area contributed by atoms with Gasteiger partial charge in [0, 0.05) is 10.2 Å². The van der Waals surface area contributed by atoms with Gasteiger partial charge in [-0.2, -0.15) is 0 Å². The number of carbonyl (C=O) groups is 1. The average Bonchev–Trinajstić information content (AvgIpc) is 3.23. The lowest BCUT2D eigenvalue weighted by Crippen LogP contribution is -2.14. The van der Waals surface area contributed by atoms with E-state index >= 15 is 0 Å². The van der Waals surface area contributed by atoms with E-state index in [0.29, 0.717) is 33.0 Å². The fourth-order valence-electron chi connectivity index (χ4n) is 3.57. The van der Waals surface area contributed by atoms with E-state index in [1.165, 1.54) is 18.9 Å². The molecule has 0 bridgehead atoms. The van der Waals surface area contributed by atoms with Crippen LogP contribution in [0.15, 0.2) is 64.2 Å². The molecule has 4 aromatic rings. The average molecular weight is 574 g/mol. The van der Waals surface area contributed by atoms with E-state index in [9.17, 15) is 9.90 Å². The lowest BCUT2D eigenvalue weighted by atomic mass is 10.1. The van der Waals surface area contributed by atoms with Crippen LogP contribution in [-0.2, 0) is 4.79 Å². The van der Waals surface area contributed by atoms with E-state index in [2.05, 4.69) is 37.5 Å². The van der Waals surface area contributed by atoms with Gasteiger partial charge in [-0.05, 0) is 61.9 Å². The van der Waals surface area contributed by atoms with Crippen molar-refractivity contribution in [3.63, 3.8) is 0 Å². The zero-order valence-corrected chi connectivity index (χ0v) is 22.3. The maximum absolute atomic E-state index is 12.7. The molecule has 0 saturated heterocycles. The molecule has 7 nitrogen and oxygen atoms in total. The van der Waals surface area contributed by atoms with E-state index in [-0.39, 0.29) is 17.4 Å². The Morgan fingerprint density at radius 1 is 1.14 bits per heavy atom. The van der Waals surface area contributed by atoms with Gasteiger partial charge < -0.3 is 15.2 Å². The number of phenols is 1. The van der Waals surface area contributed by atoms with E-state index in [4.69, 9.17) is 16.3 Å². The van der Waals surface area contributed by atoms with Gasteiger partial charge in [0.2, 0.25) is 5.91 Å². The van der Waals surface area contributed by atoms with Crippen LogP contribution < -0.4 is 10.1 Å². The number of nitrogens with zero attached hydrogens (tertiary/aromatic N) is 3. The van der Waals surface area contributed by atoms with Crippen molar-refractivity contribution < 1.29 is 14.6 Å². The summed E-state index contributed by atoms with van der Waals surface area (Å²) in [6, 6.07) is 16.2. The number of anilines is 1. The Bertz CT molecular complexity index is 1410. The van der Waals surface area contributed by atoms with Gasteiger partial charge in [-0.15, -0.1) is 10.2 Å². The van der Waals surface area contributed by atoms with Crippen LogP contribution >= 0.6 is 39.3 Å². The number of thioether (sulfide) groups is 1. The third-order valence-electron chi connectivity index (χ3n) is 5.19. The molecule has 0 aliphatic rings. The second kappa shape index (κ2) is 10.7. The Balaban J connectivity index is 1.65. The third-order valence-corrected chi connectivity index (χ3v) is 6.91. The summed E-state index contributed by atoms with van der Waals surface area (Å²) >= 11 is 10.9. The van der Waals surface area contributed by atoms with Crippen LogP contribution in [0.4, 0.5) is 5.69 Å². The van der Waals surface area contributed by atoms with Crippen molar-refractivity contribution in [1.29, 1.82) is 0 Å². The van der Waals surface area contributed by atoms with Crippen molar-refractivity contribution in [2.75, 3.05) is 18.2 Å². The Morgan fingerprint density at radius 2 is 1.94 bits per heavy atom. The van der Waals surface area contributed by atoms with E-state index in [1.807, 2.05) is 30.5 Å². The smallest absolute Gasteiger partial charge is 0.234 e. The molecule has 1 heterocycles. The predicted molar refractivity (Wildman–Crippen MR) is 143 cm³/mol. The maximum Gasteiger partial charge on any atom is 0.234 e. The summed E-state index contributed by atoms with van der Waals surface area (Å²) in [5.74, 6) is 0.956. The predicted octanol–water partition coefficient (Wildman–Crippen LogP) is 6.41. The zero-order chi connectivity index (χ0) is 25.1. The van der Waals surface area contributed by atoms with Gasteiger partial charge in [0.1, 0.15) is 11.5 Å². The molecule has 0 atom stereocenters. The summed E-state index contributed by atoms with van der Waals surface area (Å²) < 4.78 is 7.81. The monoisotopic (exact) mass is 572 g/mol. The highest BCUT2D eigenvalue weighted by Crippen LogP contribution is 2.35. The SMILES string of the molecule is COc1ccc(NC(=O)CSc2nnc(-c3cc(Br)ccc3O)n2-c2ccc(C)cc2C)cc1Cl. The van der Waals surface area contributed by atoms with Crippen LogP contribution in [0.3, 0.4) is 0 Å². The number of hydrogen-bond acceptors (Lipinski definition) is 6. The Hall–Kier alpha value is -3.01. The number of nitrogens with one attached hydrogen (secondary N) is 1. The summed E-state index contributed by atoms with van der Waals surface area (Å²) in [6.07, 6.45) is 0. The van der Waals surface area contributed by atoms with Crippen LogP contribution in [0.25, 0.3) is 17.1 Å². The number of aryl methyl sites for hydroxylation is 2. The first-order valence-electron chi connectivity index (χ1n) is 10.5. The summed E-state index contributed by atoms with van der Waals surface area (Å²) in [5.41, 5.74) is 4.09. The number of halogens is 2. The molecule has 180 valence electrons. The van der Waals surface area contributed by atoms with Gasteiger partial charge >= 0.3 is 0 Å². The van der Waals surface area contributed by atoms with Crippen molar-refractivity contribution in [2.24, 2.45) is 0 Å². The van der Waals surface area contributed by atoms with Gasteiger partial charge in [-0.3, -0.25) is 9.36 Å². The van der Waals surface area contributed by atoms with Crippen molar-refractivity contribution in [2.45, 2.75) is 19.0 Å². The molecule has 0 aliphatic carbocycles. The normalized spacial score (nSPS) is 10.9. The van der Waals surface area contributed by atoms with Gasteiger partial charge in [-0.1, -0.05) is 57.0 Å². The number of hydrogen-bond donors (Lipinski definition) is 2. The van der Waals surface area contributed by atoms with E-state index in [0.717, 1.165) is 21.3 Å². The van der Waals surface area contributed by atoms with Gasteiger partial charge in [-0.25, -0.2) is 0 Å². The molecule has 0 spiro atoms. The highest BCUT2D eigenvalue weighted by molar-refractivity contribution is 9.10. The minimum atomic E-state index is -0.224. The standard InChI is InChI=1S/C25H22BrClN4O3S/c1-14-4-7-20(15(2)10-14)31-24(18-11-16(26)5-8-21(18)32)29-30-25(31)35-13-23(33)28-17-6-9-22(34-3)19(27)12-17/h4-12,32H,13H2,1-3H3,(H,28,33). The van der Waals surface area contributed by atoms with Crippen molar-refractivity contribution in [1.82, 2.24) is 14.8 Å². The quantitative estimate of drug-likeness (QED) is 0.248. The Kier molecular flexibility index (Phi) is 7.69. The number of ether oxygens (including phenoxy) is 1. The minimum Gasteiger partial charge on any atom is -0.507 e. The molecule has 35 heavy (non-hydrogen) atoms. The molecule has 0 aliphatic heterocycles. The second-order valence-corrected chi connectivity index (χ2v) is 10.0. The number of aromatic hydroxyl groups is 1. The third kappa shape index (κ3) is 5.63. The lowest BCUT2D eigenvalue weighted by molar-refractivity contribution is -0.113. The van der Waals surface area contributed by atoms with E-state index in [1.54, 1.807) is 36.4 Å². The molecule has 4 rings (SSSR count).